The summed E-state index contributed by atoms with van der Waals surface area (Å²) in [5.41, 5.74) is 3.31. The third kappa shape index (κ3) is 2.05. The van der Waals surface area contributed by atoms with E-state index in [0.717, 1.165) is 6.42 Å². The molecule has 0 aromatic rings. The third-order valence-corrected chi connectivity index (χ3v) is 4.50. The van der Waals surface area contributed by atoms with Crippen LogP contribution in [0.5, 0.6) is 0 Å². The summed E-state index contributed by atoms with van der Waals surface area (Å²) in [7, 11) is 0. The molecule has 2 heteroatoms. The highest BCUT2D eigenvalue weighted by atomic mass is 15.3. The maximum atomic E-state index is 5.59. The largest absolute Gasteiger partial charge is 0.271 e. The van der Waals surface area contributed by atoms with Gasteiger partial charge in [-0.3, -0.25) is 11.3 Å². The van der Waals surface area contributed by atoms with E-state index >= 15 is 0 Å². The Morgan fingerprint density at radius 1 is 1.00 bits per heavy atom. The van der Waals surface area contributed by atoms with Crippen LogP contribution in [0.4, 0.5) is 0 Å². The predicted molar refractivity (Wildman–Crippen MR) is 59.3 cm³/mol. The van der Waals surface area contributed by atoms with E-state index in [9.17, 15) is 0 Å². The molecule has 0 fully saturated rings. The predicted octanol–water partition coefficient (Wildman–Crippen LogP) is 2.69. The molecule has 0 aliphatic rings. The Balaban J connectivity index is 4.95. The van der Waals surface area contributed by atoms with Gasteiger partial charge in [0.1, 0.15) is 0 Å². The van der Waals surface area contributed by atoms with Gasteiger partial charge in [-0.25, -0.2) is 0 Å². The molecule has 0 rings (SSSR count). The van der Waals surface area contributed by atoms with E-state index in [1.165, 1.54) is 0 Å². The Morgan fingerprint density at radius 2 is 1.38 bits per heavy atom. The molecule has 0 aliphatic heterocycles. The second-order valence-electron chi connectivity index (χ2n) is 5.63. The molecule has 0 aromatic heterocycles. The van der Waals surface area contributed by atoms with Crippen molar-refractivity contribution in [2.24, 2.45) is 16.7 Å². The van der Waals surface area contributed by atoms with E-state index in [2.05, 4.69) is 53.9 Å². The van der Waals surface area contributed by atoms with Crippen molar-refractivity contribution in [3.63, 3.8) is 0 Å². The van der Waals surface area contributed by atoms with Crippen LogP contribution in [-0.4, -0.2) is 5.54 Å². The van der Waals surface area contributed by atoms with Crippen LogP contribution in [0, 0.1) is 10.8 Å². The second-order valence-corrected chi connectivity index (χ2v) is 5.63. The van der Waals surface area contributed by atoms with E-state index in [0.29, 0.717) is 0 Å². The van der Waals surface area contributed by atoms with Gasteiger partial charge in [-0.2, -0.15) is 0 Å². The summed E-state index contributed by atoms with van der Waals surface area (Å²) in [6.45, 7) is 15.7. The first kappa shape index (κ1) is 12.9. The lowest BCUT2D eigenvalue weighted by Gasteiger charge is -2.51. The fourth-order valence-corrected chi connectivity index (χ4v) is 1.47. The fraction of sp³-hybridized carbons (Fsp3) is 1.00. The molecule has 0 aliphatic carbocycles. The van der Waals surface area contributed by atoms with Crippen molar-refractivity contribution in [3.05, 3.63) is 0 Å². The van der Waals surface area contributed by atoms with E-state index in [1.54, 1.807) is 0 Å². The summed E-state index contributed by atoms with van der Waals surface area (Å²) in [6, 6.07) is 0. The van der Waals surface area contributed by atoms with Gasteiger partial charge >= 0.3 is 0 Å². The Bertz CT molecular complexity index is 151. The summed E-state index contributed by atoms with van der Waals surface area (Å²) in [4.78, 5) is 0. The van der Waals surface area contributed by atoms with Gasteiger partial charge in [0.15, 0.2) is 0 Å². The van der Waals surface area contributed by atoms with Gasteiger partial charge in [0.25, 0.3) is 0 Å². The molecule has 0 unspecified atom stereocenters. The lowest BCUT2D eigenvalue weighted by Crippen LogP contribution is -2.59. The number of hydrogen-bond donors (Lipinski definition) is 2. The van der Waals surface area contributed by atoms with E-state index in [1.807, 2.05) is 0 Å². The molecule has 80 valence electrons. The number of nitrogens with one attached hydrogen (secondary N) is 1. The van der Waals surface area contributed by atoms with Gasteiger partial charge in [0.05, 0.1) is 0 Å². The Labute approximate surface area is 83.2 Å². The third-order valence-electron chi connectivity index (χ3n) is 4.50. The van der Waals surface area contributed by atoms with Crippen LogP contribution >= 0.6 is 0 Å². The molecule has 0 heterocycles. The lowest BCUT2D eigenvalue weighted by molar-refractivity contribution is 0.0109. The van der Waals surface area contributed by atoms with Crippen LogP contribution in [0.1, 0.15) is 54.9 Å². The minimum Gasteiger partial charge on any atom is -0.271 e. The van der Waals surface area contributed by atoms with Crippen molar-refractivity contribution < 1.29 is 0 Å². The normalized spacial score (nSPS) is 14.8. The SMILES string of the molecule is CCC(C)(C)C(C)(C)C(C)(C)NN. The molecule has 3 N–H and O–H groups in total. The molecular formula is C11H26N2. The molecule has 13 heavy (non-hydrogen) atoms. The minimum absolute atomic E-state index is 0.0491. The fourth-order valence-electron chi connectivity index (χ4n) is 1.47. The van der Waals surface area contributed by atoms with Crippen LogP contribution in [0.25, 0.3) is 0 Å². The van der Waals surface area contributed by atoms with Gasteiger partial charge in [0.2, 0.25) is 0 Å². The summed E-state index contributed by atoms with van der Waals surface area (Å²) >= 11 is 0. The maximum absolute atomic E-state index is 5.59. The second kappa shape index (κ2) is 3.58. The first-order valence-corrected chi connectivity index (χ1v) is 5.10. The van der Waals surface area contributed by atoms with Crippen molar-refractivity contribution in [2.75, 3.05) is 0 Å². The first-order valence-electron chi connectivity index (χ1n) is 5.10. The molecular weight excluding hydrogens is 160 g/mol. The zero-order valence-electron chi connectivity index (χ0n) is 10.3. The van der Waals surface area contributed by atoms with Crippen LogP contribution < -0.4 is 11.3 Å². The van der Waals surface area contributed by atoms with Crippen molar-refractivity contribution in [1.29, 1.82) is 0 Å². The topological polar surface area (TPSA) is 38.0 Å². The van der Waals surface area contributed by atoms with Crippen molar-refractivity contribution in [2.45, 2.75) is 60.4 Å². The number of hydrogen-bond acceptors (Lipinski definition) is 2. The Morgan fingerprint density at radius 3 is 1.62 bits per heavy atom. The highest BCUT2D eigenvalue weighted by molar-refractivity contribution is 4.99. The Hall–Kier alpha value is -0.0800. The molecule has 0 bridgehead atoms. The molecule has 0 atom stereocenters. The van der Waals surface area contributed by atoms with Crippen LogP contribution in [0.15, 0.2) is 0 Å². The summed E-state index contributed by atoms with van der Waals surface area (Å²) in [6.07, 6.45) is 1.16. The molecule has 0 amide bonds. The maximum Gasteiger partial charge on any atom is 0.0321 e. The van der Waals surface area contributed by atoms with Gasteiger partial charge in [-0.1, -0.05) is 41.0 Å². The molecule has 0 saturated carbocycles. The van der Waals surface area contributed by atoms with E-state index in [4.69, 9.17) is 5.84 Å². The molecule has 2 nitrogen and oxygen atoms in total. The highest BCUT2D eigenvalue weighted by Gasteiger charge is 2.46. The first-order chi connectivity index (χ1) is 5.62. The van der Waals surface area contributed by atoms with Gasteiger partial charge in [-0.15, -0.1) is 0 Å². The quantitative estimate of drug-likeness (QED) is 0.523. The smallest absolute Gasteiger partial charge is 0.0321 e. The average Bonchev–Trinajstić information content (AvgIpc) is 2.03. The van der Waals surface area contributed by atoms with Gasteiger partial charge < -0.3 is 0 Å². The zero-order valence-corrected chi connectivity index (χ0v) is 10.3. The number of hydrazine groups is 1. The van der Waals surface area contributed by atoms with Crippen LogP contribution in [0.3, 0.4) is 0 Å². The molecule has 0 saturated heterocycles. The van der Waals surface area contributed by atoms with Gasteiger partial charge in [0, 0.05) is 5.54 Å². The standard InChI is InChI=1S/C11H26N2/c1-8-9(2,3)10(4,5)11(6,7)13-12/h13H,8,12H2,1-7H3. The van der Waals surface area contributed by atoms with Crippen molar-refractivity contribution >= 4 is 0 Å². The Kier molecular flexibility index (Phi) is 3.56. The zero-order chi connectivity index (χ0) is 10.9. The highest BCUT2D eigenvalue weighted by Crippen LogP contribution is 2.47. The summed E-state index contributed by atoms with van der Waals surface area (Å²) in [5.74, 6) is 5.59. The molecule has 0 spiro atoms. The van der Waals surface area contributed by atoms with E-state index < -0.39 is 0 Å². The van der Waals surface area contributed by atoms with Crippen LogP contribution in [-0.2, 0) is 0 Å². The van der Waals surface area contributed by atoms with Crippen LogP contribution in [0.2, 0.25) is 0 Å². The van der Waals surface area contributed by atoms with Crippen molar-refractivity contribution in [1.82, 2.24) is 5.43 Å². The summed E-state index contributed by atoms with van der Waals surface area (Å²) < 4.78 is 0. The minimum atomic E-state index is -0.0491. The lowest BCUT2D eigenvalue weighted by atomic mass is 9.58. The average molecular weight is 186 g/mol. The summed E-state index contributed by atoms with van der Waals surface area (Å²) in [5, 5.41) is 0. The molecule has 0 radical (unpaired) electrons. The number of rotatable bonds is 4. The number of nitrogens with two attached hydrogens (primary N) is 1. The molecule has 0 aromatic carbocycles. The van der Waals surface area contributed by atoms with Gasteiger partial charge in [-0.05, 0) is 24.7 Å². The van der Waals surface area contributed by atoms with Crippen molar-refractivity contribution in [3.8, 4) is 0 Å². The van der Waals surface area contributed by atoms with E-state index in [-0.39, 0.29) is 16.4 Å². The monoisotopic (exact) mass is 186 g/mol.